The van der Waals surface area contributed by atoms with E-state index >= 15 is 0 Å². The van der Waals surface area contributed by atoms with Crippen LogP contribution < -0.4 is 11.5 Å². The SMILES string of the molecule is Nc1nc(-c2ccccc2)nc2c1CC(N)CC2. The predicted octanol–water partition coefficient (Wildman–Crippen LogP) is 1.54. The molecule has 0 radical (unpaired) electrons. The summed E-state index contributed by atoms with van der Waals surface area (Å²) in [6, 6.07) is 10.1. The molecule has 0 aliphatic heterocycles. The van der Waals surface area contributed by atoms with E-state index in [0.29, 0.717) is 11.6 Å². The third-order valence-corrected chi connectivity index (χ3v) is 3.37. The van der Waals surface area contributed by atoms with Gasteiger partial charge in [-0.25, -0.2) is 9.97 Å². The van der Waals surface area contributed by atoms with Gasteiger partial charge in [0.05, 0.1) is 0 Å². The number of rotatable bonds is 1. The first kappa shape index (κ1) is 11.2. The molecule has 92 valence electrons. The fourth-order valence-electron chi connectivity index (χ4n) is 2.38. The smallest absolute Gasteiger partial charge is 0.161 e. The molecule has 0 bridgehead atoms. The largest absolute Gasteiger partial charge is 0.383 e. The lowest BCUT2D eigenvalue weighted by molar-refractivity contribution is 0.566. The van der Waals surface area contributed by atoms with Gasteiger partial charge >= 0.3 is 0 Å². The summed E-state index contributed by atoms with van der Waals surface area (Å²) in [5.41, 5.74) is 15.1. The lowest BCUT2D eigenvalue weighted by atomic mass is 9.92. The van der Waals surface area contributed by atoms with Crippen molar-refractivity contribution in [3.8, 4) is 11.4 Å². The third kappa shape index (κ3) is 1.95. The normalized spacial score (nSPS) is 18.4. The maximum absolute atomic E-state index is 6.04. The average Bonchev–Trinajstić information content (AvgIpc) is 2.40. The van der Waals surface area contributed by atoms with Crippen LogP contribution in [-0.2, 0) is 12.8 Å². The Morgan fingerprint density at radius 3 is 2.67 bits per heavy atom. The number of hydrogen-bond donors (Lipinski definition) is 2. The van der Waals surface area contributed by atoms with E-state index in [-0.39, 0.29) is 6.04 Å². The molecule has 4 N–H and O–H groups in total. The molecule has 1 aromatic carbocycles. The van der Waals surface area contributed by atoms with Gasteiger partial charge in [0.2, 0.25) is 0 Å². The molecule has 4 heteroatoms. The van der Waals surface area contributed by atoms with Gasteiger partial charge in [-0.05, 0) is 19.3 Å². The predicted molar refractivity (Wildman–Crippen MR) is 71.9 cm³/mol. The summed E-state index contributed by atoms with van der Waals surface area (Å²) < 4.78 is 0. The highest BCUT2D eigenvalue weighted by Gasteiger charge is 2.21. The van der Waals surface area contributed by atoms with Gasteiger partial charge in [0.1, 0.15) is 5.82 Å². The van der Waals surface area contributed by atoms with Crippen LogP contribution in [0, 0.1) is 0 Å². The molecule has 0 fully saturated rings. The second-order valence-electron chi connectivity index (χ2n) is 4.73. The summed E-state index contributed by atoms with van der Waals surface area (Å²) in [5, 5.41) is 0. The maximum Gasteiger partial charge on any atom is 0.161 e. The number of anilines is 1. The first-order valence-corrected chi connectivity index (χ1v) is 6.20. The second-order valence-corrected chi connectivity index (χ2v) is 4.73. The van der Waals surface area contributed by atoms with Gasteiger partial charge in [0.25, 0.3) is 0 Å². The summed E-state index contributed by atoms with van der Waals surface area (Å²) in [4.78, 5) is 9.03. The molecule has 1 heterocycles. The van der Waals surface area contributed by atoms with Crippen LogP contribution in [0.1, 0.15) is 17.7 Å². The minimum Gasteiger partial charge on any atom is -0.383 e. The van der Waals surface area contributed by atoms with Crippen molar-refractivity contribution in [2.24, 2.45) is 5.73 Å². The van der Waals surface area contributed by atoms with Crippen LogP contribution in [0.3, 0.4) is 0 Å². The van der Waals surface area contributed by atoms with E-state index in [4.69, 9.17) is 11.5 Å². The Balaban J connectivity index is 2.07. The summed E-state index contributed by atoms with van der Waals surface area (Å²) in [5.74, 6) is 1.29. The van der Waals surface area contributed by atoms with Gasteiger partial charge in [0, 0.05) is 22.9 Å². The zero-order valence-corrected chi connectivity index (χ0v) is 10.1. The second kappa shape index (κ2) is 4.38. The topological polar surface area (TPSA) is 77.8 Å². The van der Waals surface area contributed by atoms with E-state index in [9.17, 15) is 0 Å². The van der Waals surface area contributed by atoms with Crippen molar-refractivity contribution >= 4 is 5.82 Å². The van der Waals surface area contributed by atoms with Crippen molar-refractivity contribution in [3.05, 3.63) is 41.6 Å². The monoisotopic (exact) mass is 240 g/mol. The zero-order valence-electron chi connectivity index (χ0n) is 10.1. The number of aromatic nitrogens is 2. The first-order valence-electron chi connectivity index (χ1n) is 6.20. The van der Waals surface area contributed by atoms with E-state index in [0.717, 1.165) is 36.1 Å². The standard InChI is InChI=1S/C14H16N4/c15-10-6-7-12-11(8-10)13(16)18-14(17-12)9-4-2-1-3-5-9/h1-5,10H,6-8,15H2,(H2,16,17,18). The van der Waals surface area contributed by atoms with Crippen LogP contribution in [0.25, 0.3) is 11.4 Å². The first-order chi connectivity index (χ1) is 8.74. The summed E-state index contributed by atoms with van der Waals surface area (Å²) in [6.45, 7) is 0. The van der Waals surface area contributed by atoms with Crippen LogP contribution >= 0.6 is 0 Å². The quantitative estimate of drug-likeness (QED) is 0.792. The lowest BCUT2D eigenvalue weighted by Gasteiger charge is -2.22. The molecule has 2 aromatic rings. The Morgan fingerprint density at radius 2 is 1.89 bits per heavy atom. The molecule has 1 atom stereocenters. The Hall–Kier alpha value is -1.94. The highest BCUT2D eigenvalue weighted by molar-refractivity contribution is 5.59. The number of benzene rings is 1. The summed E-state index contributed by atoms with van der Waals surface area (Å²) in [7, 11) is 0. The summed E-state index contributed by atoms with van der Waals surface area (Å²) in [6.07, 6.45) is 2.65. The van der Waals surface area contributed by atoms with Crippen molar-refractivity contribution in [2.75, 3.05) is 5.73 Å². The van der Waals surface area contributed by atoms with Crippen molar-refractivity contribution < 1.29 is 0 Å². The fraction of sp³-hybridized carbons (Fsp3) is 0.286. The molecule has 1 aliphatic carbocycles. The van der Waals surface area contributed by atoms with Gasteiger partial charge in [0.15, 0.2) is 5.82 Å². The van der Waals surface area contributed by atoms with Gasteiger partial charge < -0.3 is 11.5 Å². The van der Waals surface area contributed by atoms with E-state index in [1.807, 2.05) is 30.3 Å². The highest BCUT2D eigenvalue weighted by Crippen LogP contribution is 2.26. The highest BCUT2D eigenvalue weighted by atomic mass is 15.0. The number of fused-ring (bicyclic) bond motifs is 1. The molecule has 3 rings (SSSR count). The van der Waals surface area contributed by atoms with Crippen LogP contribution in [-0.4, -0.2) is 16.0 Å². The number of nitrogens with zero attached hydrogens (tertiary/aromatic N) is 2. The zero-order chi connectivity index (χ0) is 12.5. The Labute approximate surface area is 106 Å². The molecule has 0 amide bonds. The van der Waals surface area contributed by atoms with E-state index in [1.54, 1.807) is 0 Å². The number of aryl methyl sites for hydroxylation is 1. The Morgan fingerprint density at radius 1 is 1.11 bits per heavy atom. The summed E-state index contributed by atoms with van der Waals surface area (Å²) >= 11 is 0. The van der Waals surface area contributed by atoms with E-state index < -0.39 is 0 Å². The number of nitrogen functional groups attached to an aromatic ring is 1. The van der Waals surface area contributed by atoms with E-state index in [2.05, 4.69) is 9.97 Å². The van der Waals surface area contributed by atoms with Gasteiger partial charge in [-0.15, -0.1) is 0 Å². The molecular formula is C14H16N4. The molecule has 1 aromatic heterocycles. The maximum atomic E-state index is 6.04. The van der Waals surface area contributed by atoms with Crippen molar-refractivity contribution in [1.82, 2.24) is 9.97 Å². The van der Waals surface area contributed by atoms with Crippen LogP contribution in [0.15, 0.2) is 30.3 Å². The Kier molecular flexibility index (Phi) is 2.72. The minimum absolute atomic E-state index is 0.186. The average molecular weight is 240 g/mol. The van der Waals surface area contributed by atoms with Crippen LogP contribution in [0.4, 0.5) is 5.82 Å². The van der Waals surface area contributed by atoms with Gasteiger partial charge in [-0.2, -0.15) is 0 Å². The van der Waals surface area contributed by atoms with Crippen molar-refractivity contribution in [2.45, 2.75) is 25.3 Å². The van der Waals surface area contributed by atoms with Crippen LogP contribution in [0.2, 0.25) is 0 Å². The number of nitrogens with two attached hydrogens (primary N) is 2. The molecule has 1 aliphatic rings. The van der Waals surface area contributed by atoms with Crippen molar-refractivity contribution in [1.29, 1.82) is 0 Å². The van der Waals surface area contributed by atoms with Gasteiger partial charge in [-0.1, -0.05) is 30.3 Å². The molecule has 4 nitrogen and oxygen atoms in total. The molecule has 0 saturated carbocycles. The van der Waals surface area contributed by atoms with Crippen molar-refractivity contribution in [3.63, 3.8) is 0 Å². The molecule has 1 unspecified atom stereocenters. The molecule has 0 saturated heterocycles. The van der Waals surface area contributed by atoms with E-state index in [1.165, 1.54) is 0 Å². The number of hydrogen-bond acceptors (Lipinski definition) is 4. The van der Waals surface area contributed by atoms with Gasteiger partial charge in [-0.3, -0.25) is 0 Å². The Bertz CT molecular complexity index is 566. The van der Waals surface area contributed by atoms with Crippen LogP contribution in [0.5, 0.6) is 0 Å². The lowest BCUT2D eigenvalue weighted by Crippen LogP contribution is -2.29. The molecule has 0 spiro atoms. The third-order valence-electron chi connectivity index (χ3n) is 3.37. The molecule has 18 heavy (non-hydrogen) atoms. The minimum atomic E-state index is 0.186. The molecular weight excluding hydrogens is 224 g/mol. The fourth-order valence-corrected chi connectivity index (χ4v) is 2.38.